The molecular weight excluding hydrogens is 242 g/mol. The van der Waals surface area contributed by atoms with Gasteiger partial charge in [0.2, 0.25) is 0 Å². The molecule has 0 radical (unpaired) electrons. The number of nitrogens with one attached hydrogen (secondary N) is 2. The van der Waals surface area contributed by atoms with E-state index in [1.165, 1.54) is 0 Å². The monoisotopic (exact) mass is 253 g/mol. The molecular formula is C14H11N3O2. The highest BCUT2D eigenvalue weighted by molar-refractivity contribution is 5.99. The molecule has 0 aliphatic carbocycles. The third-order valence-corrected chi connectivity index (χ3v) is 3.07. The Morgan fingerprint density at radius 3 is 2.58 bits per heavy atom. The predicted molar refractivity (Wildman–Crippen MR) is 74.6 cm³/mol. The van der Waals surface area contributed by atoms with E-state index in [4.69, 9.17) is 5.21 Å². The fourth-order valence-corrected chi connectivity index (χ4v) is 2.15. The number of nitroso groups, excluding NO2 is 1. The zero-order valence-corrected chi connectivity index (χ0v) is 9.92. The molecule has 0 atom stereocenters. The Morgan fingerprint density at radius 2 is 1.89 bits per heavy atom. The number of benzene rings is 2. The quantitative estimate of drug-likeness (QED) is 0.487. The van der Waals surface area contributed by atoms with Crippen molar-refractivity contribution in [3.05, 3.63) is 53.4 Å². The summed E-state index contributed by atoms with van der Waals surface area (Å²) in [5.41, 5.74) is 5.19. The molecule has 0 unspecified atom stereocenters. The van der Waals surface area contributed by atoms with Crippen molar-refractivity contribution in [2.45, 2.75) is 0 Å². The number of hydrogen-bond acceptors (Lipinski definition) is 4. The maximum absolute atomic E-state index is 10.9. The number of aromatic nitrogens is 1. The first-order chi connectivity index (χ1) is 9.33. The Kier molecular flexibility index (Phi) is 2.74. The van der Waals surface area contributed by atoms with Crippen LogP contribution < -0.4 is 5.48 Å². The van der Waals surface area contributed by atoms with E-state index < -0.39 is 0 Å². The van der Waals surface area contributed by atoms with Crippen molar-refractivity contribution in [3.8, 4) is 11.3 Å². The highest BCUT2D eigenvalue weighted by Crippen LogP contribution is 2.36. The van der Waals surface area contributed by atoms with Gasteiger partial charge in [-0.25, -0.2) is 0 Å². The van der Waals surface area contributed by atoms with Gasteiger partial charge in [-0.1, -0.05) is 30.3 Å². The van der Waals surface area contributed by atoms with Crippen molar-refractivity contribution >= 4 is 22.3 Å². The Balaban J connectivity index is 2.24. The minimum Gasteiger partial charge on any atom is -0.354 e. The molecule has 0 aliphatic heterocycles. The summed E-state index contributed by atoms with van der Waals surface area (Å²) in [6.45, 7) is 0. The molecule has 3 N–H and O–H groups in total. The van der Waals surface area contributed by atoms with E-state index in [1.54, 1.807) is 12.1 Å². The summed E-state index contributed by atoms with van der Waals surface area (Å²) in [4.78, 5) is 14.2. The van der Waals surface area contributed by atoms with Gasteiger partial charge in [0.05, 0.1) is 5.69 Å². The fraction of sp³-hybridized carbons (Fsp3) is 0. The molecule has 0 saturated carbocycles. The van der Waals surface area contributed by atoms with Crippen molar-refractivity contribution in [1.82, 2.24) is 4.98 Å². The second-order valence-electron chi connectivity index (χ2n) is 4.18. The molecule has 0 fully saturated rings. The molecule has 1 aromatic heterocycles. The van der Waals surface area contributed by atoms with E-state index in [9.17, 15) is 4.91 Å². The van der Waals surface area contributed by atoms with Crippen molar-refractivity contribution in [2.24, 2.45) is 5.18 Å². The van der Waals surface area contributed by atoms with Crippen LogP contribution in [0.25, 0.3) is 22.2 Å². The molecule has 0 spiro atoms. The van der Waals surface area contributed by atoms with Gasteiger partial charge in [-0.3, -0.25) is 10.7 Å². The van der Waals surface area contributed by atoms with Crippen LogP contribution in [0.4, 0.5) is 11.4 Å². The van der Waals surface area contributed by atoms with Crippen LogP contribution in [0.15, 0.2) is 53.7 Å². The molecule has 94 valence electrons. The minimum absolute atomic E-state index is 0.193. The maximum atomic E-state index is 10.9. The normalized spacial score (nSPS) is 10.6. The van der Waals surface area contributed by atoms with E-state index in [0.29, 0.717) is 11.1 Å². The van der Waals surface area contributed by atoms with Gasteiger partial charge in [-0.05, 0) is 28.9 Å². The number of anilines is 1. The van der Waals surface area contributed by atoms with Crippen LogP contribution in [0.5, 0.6) is 0 Å². The topological polar surface area (TPSA) is 77.5 Å². The van der Waals surface area contributed by atoms with Crippen molar-refractivity contribution < 1.29 is 5.21 Å². The summed E-state index contributed by atoms with van der Waals surface area (Å²) in [6, 6.07) is 15.0. The molecule has 0 saturated heterocycles. The number of hydrogen-bond donors (Lipinski definition) is 3. The highest BCUT2D eigenvalue weighted by atomic mass is 16.5. The zero-order valence-electron chi connectivity index (χ0n) is 9.92. The van der Waals surface area contributed by atoms with Gasteiger partial charge in [0.25, 0.3) is 0 Å². The number of fused-ring (bicyclic) bond motifs is 1. The van der Waals surface area contributed by atoms with Gasteiger partial charge in [0.15, 0.2) is 0 Å². The summed E-state index contributed by atoms with van der Waals surface area (Å²) in [5.74, 6) is 0. The molecule has 3 rings (SSSR count). The molecule has 0 bridgehead atoms. The van der Waals surface area contributed by atoms with E-state index in [-0.39, 0.29) is 5.69 Å². The van der Waals surface area contributed by atoms with Crippen molar-refractivity contribution in [3.63, 3.8) is 0 Å². The molecule has 0 amide bonds. The lowest BCUT2D eigenvalue weighted by atomic mass is 10.1. The van der Waals surface area contributed by atoms with Gasteiger partial charge < -0.3 is 4.98 Å². The summed E-state index contributed by atoms with van der Waals surface area (Å²) < 4.78 is 0. The number of nitrogens with zero attached hydrogens (tertiary/aromatic N) is 1. The van der Waals surface area contributed by atoms with E-state index >= 15 is 0 Å². The Morgan fingerprint density at radius 1 is 1.11 bits per heavy atom. The van der Waals surface area contributed by atoms with Crippen LogP contribution in [-0.4, -0.2) is 10.2 Å². The summed E-state index contributed by atoms with van der Waals surface area (Å²) in [7, 11) is 0. The Bertz CT molecular complexity index is 735. The van der Waals surface area contributed by atoms with Gasteiger partial charge in [0.1, 0.15) is 5.69 Å². The average Bonchev–Trinajstić information content (AvgIpc) is 2.91. The molecule has 5 nitrogen and oxygen atoms in total. The molecule has 3 aromatic rings. The Hall–Kier alpha value is -2.66. The second-order valence-corrected chi connectivity index (χ2v) is 4.18. The maximum Gasteiger partial charge on any atom is 0.142 e. The van der Waals surface area contributed by atoms with Crippen LogP contribution >= 0.6 is 0 Å². The SMILES string of the molecule is O=Nc1c(NO)ccc2[nH]c(-c3ccccc3)cc12. The van der Waals surface area contributed by atoms with Crippen molar-refractivity contribution in [2.75, 3.05) is 5.48 Å². The first kappa shape index (κ1) is 11.4. The predicted octanol–water partition coefficient (Wildman–Crippen LogP) is 4.03. The molecule has 2 aromatic carbocycles. The lowest BCUT2D eigenvalue weighted by molar-refractivity contribution is 0.389. The van der Waals surface area contributed by atoms with Gasteiger partial charge in [-0.15, -0.1) is 4.91 Å². The summed E-state index contributed by atoms with van der Waals surface area (Å²) in [6.07, 6.45) is 0. The minimum atomic E-state index is 0.193. The fourth-order valence-electron chi connectivity index (χ4n) is 2.15. The smallest absolute Gasteiger partial charge is 0.142 e. The van der Waals surface area contributed by atoms with Gasteiger partial charge >= 0.3 is 0 Å². The summed E-state index contributed by atoms with van der Waals surface area (Å²) >= 11 is 0. The van der Waals surface area contributed by atoms with E-state index in [2.05, 4.69) is 10.2 Å². The third kappa shape index (κ3) is 1.86. The van der Waals surface area contributed by atoms with Crippen LogP contribution in [0.3, 0.4) is 0 Å². The third-order valence-electron chi connectivity index (χ3n) is 3.07. The lowest BCUT2D eigenvalue weighted by Gasteiger charge is -2.01. The highest BCUT2D eigenvalue weighted by Gasteiger charge is 2.11. The molecule has 1 heterocycles. The number of aromatic amines is 1. The van der Waals surface area contributed by atoms with Crippen molar-refractivity contribution in [1.29, 1.82) is 0 Å². The Labute approximate surface area is 108 Å². The van der Waals surface area contributed by atoms with Crippen LogP contribution in [-0.2, 0) is 0 Å². The standard InChI is InChI=1S/C14H11N3O2/c18-16-12-7-6-11-10(14(12)17-19)8-13(15-11)9-4-2-1-3-5-9/h1-8,15-16,18H. The van der Waals surface area contributed by atoms with E-state index in [0.717, 1.165) is 16.8 Å². The van der Waals surface area contributed by atoms with E-state index in [1.807, 2.05) is 41.9 Å². The molecule has 0 aliphatic rings. The van der Waals surface area contributed by atoms with Gasteiger partial charge in [-0.2, -0.15) is 0 Å². The molecule has 19 heavy (non-hydrogen) atoms. The number of rotatable bonds is 3. The largest absolute Gasteiger partial charge is 0.354 e. The van der Waals surface area contributed by atoms with Crippen LogP contribution in [0.1, 0.15) is 0 Å². The lowest BCUT2D eigenvalue weighted by Crippen LogP contribution is -1.88. The first-order valence-corrected chi connectivity index (χ1v) is 5.78. The second kappa shape index (κ2) is 4.55. The number of H-pyrrole nitrogens is 1. The molecule has 5 heteroatoms. The van der Waals surface area contributed by atoms with Crippen LogP contribution in [0, 0.1) is 4.91 Å². The average molecular weight is 253 g/mol. The first-order valence-electron chi connectivity index (χ1n) is 5.78. The zero-order chi connectivity index (χ0) is 13.2. The van der Waals surface area contributed by atoms with Gasteiger partial charge in [0, 0.05) is 16.6 Å². The van der Waals surface area contributed by atoms with Crippen LogP contribution in [0.2, 0.25) is 0 Å². The summed E-state index contributed by atoms with van der Waals surface area (Å²) in [5, 5.41) is 12.6.